The van der Waals surface area contributed by atoms with Gasteiger partial charge >= 0.3 is 0 Å². The highest BCUT2D eigenvalue weighted by molar-refractivity contribution is 6.30. The summed E-state index contributed by atoms with van der Waals surface area (Å²) in [4.78, 5) is 0. The van der Waals surface area contributed by atoms with Crippen LogP contribution >= 0.6 is 11.6 Å². The molecule has 19 heavy (non-hydrogen) atoms. The van der Waals surface area contributed by atoms with Gasteiger partial charge in [0.25, 0.3) is 0 Å². The van der Waals surface area contributed by atoms with E-state index >= 15 is 0 Å². The molecule has 0 heterocycles. The first-order valence-electron chi connectivity index (χ1n) is 6.86. The van der Waals surface area contributed by atoms with Crippen molar-refractivity contribution in [1.82, 2.24) is 0 Å². The molecule has 1 aromatic rings. The van der Waals surface area contributed by atoms with E-state index in [2.05, 4.69) is 0 Å². The molecule has 1 aromatic carbocycles. The molecule has 1 saturated carbocycles. The van der Waals surface area contributed by atoms with Gasteiger partial charge in [-0.25, -0.2) is 4.39 Å². The fourth-order valence-electron chi connectivity index (χ4n) is 2.76. The number of benzene rings is 1. The van der Waals surface area contributed by atoms with Gasteiger partial charge in [0.1, 0.15) is 5.82 Å². The van der Waals surface area contributed by atoms with Crippen molar-refractivity contribution in [2.75, 3.05) is 0 Å². The van der Waals surface area contributed by atoms with Crippen LogP contribution in [0.25, 0.3) is 0 Å². The zero-order valence-electron chi connectivity index (χ0n) is 10.9. The first-order valence-corrected chi connectivity index (χ1v) is 7.23. The summed E-state index contributed by atoms with van der Waals surface area (Å²) in [5.74, 6) is -0.427. The summed E-state index contributed by atoms with van der Waals surface area (Å²) in [6.45, 7) is 0. The van der Waals surface area contributed by atoms with E-state index in [1.54, 1.807) is 12.1 Å². The van der Waals surface area contributed by atoms with Crippen molar-refractivity contribution in [3.8, 4) is 0 Å². The van der Waals surface area contributed by atoms with Gasteiger partial charge in [0, 0.05) is 11.4 Å². The Kier molecular flexibility index (Phi) is 4.82. The van der Waals surface area contributed by atoms with Crippen LogP contribution in [0.1, 0.15) is 44.1 Å². The monoisotopic (exact) mass is 286 g/mol. The highest BCUT2D eigenvalue weighted by atomic mass is 35.5. The van der Waals surface area contributed by atoms with Gasteiger partial charge in [0.05, 0.1) is 11.7 Å². The normalized spacial score (nSPS) is 20.8. The second-order valence-electron chi connectivity index (χ2n) is 5.47. The summed E-state index contributed by atoms with van der Waals surface area (Å²) < 4.78 is 13.7. The smallest absolute Gasteiger partial charge is 0.127 e. The van der Waals surface area contributed by atoms with E-state index in [0.717, 1.165) is 25.7 Å². The molecule has 2 rings (SSSR count). The molecule has 0 spiro atoms. The topological polar surface area (TPSA) is 40.5 Å². The van der Waals surface area contributed by atoms with Crippen LogP contribution < -0.4 is 0 Å². The molecule has 0 saturated heterocycles. The second-order valence-corrected chi connectivity index (χ2v) is 5.91. The Balaban J connectivity index is 2.08. The van der Waals surface area contributed by atoms with Crippen LogP contribution in [-0.4, -0.2) is 21.9 Å². The highest BCUT2D eigenvalue weighted by Gasteiger charge is 2.36. The van der Waals surface area contributed by atoms with E-state index in [4.69, 9.17) is 11.6 Å². The fraction of sp³-hybridized carbons (Fsp3) is 0.600. The van der Waals surface area contributed by atoms with Crippen molar-refractivity contribution in [1.29, 1.82) is 0 Å². The predicted octanol–water partition coefficient (Wildman–Crippen LogP) is 3.47. The van der Waals surface area contributed by atoms with Gasteiger partial charge in [-0.3, -0.25) is 0 Å². The third-order valence-electron chi connectivity index (χ3n) is 4.02. The Morgan fingerprint density at radius 2 is 1.84 bits per heavy atom. The van der Waals surface area contributed by atoms with E-state index in [1.165, 1.54) is 6.07 Å². The lowest BCUT2D eigenvalue weighted by atomic mass is 9.85. The summed E-state index contributed by atoms with van der Waals surface area (Å²) in [6.07, 6.45) is 4.37. The molecule has 106 valence electrons. The Hall–Kier alpha value is -0.640. The van der Waals surface area contributed by atoms with Gasteiger partial charge in [0.15, 0.2) is 0 Å². The molecule has 2 N–H and O–H groups in total. The molecule has 0 bridgehead atoms. The number of hydrogen-bond acceptors (Lipinski definition) is 2. The van der Waals surface area contributed by atoms with Crippen molar-refractivity contribution in [2.24, 2.45) is 0 Å². The number of aliphatic hydroxyl groups is 2. The second kappa shape index (κ2) is 6.21. The van der Waals surface area contributed by atoms with Crippen LogP contribution in [0.3, 0.4) is 0 Å². The quantitative estimate of drug-likeness (QED) is 0.836. The van der Waals surface area contributed by atoms with Crippen LogP contribution in [0, 0.1) is 5.82 Å². The maximum Gasteiger partial charge on any atom is 0.127 e. The fourth-order valence-corrected chi connectivity index (χ4v) is 2.92. The lowest BCUT2D eigenvalue weighted by molar-refractivity contribution is -0.0839. The Bertz CT molecular complexity index is 428. The SMILES string of the molecule is OC(Cc1ccc(Cl)cc1F)C1(O)CCCCCC1. The summed E-state index contributed by atoms with van der Waals surface area (Å²) in [5, 5.41) is 21.1. The van der Waals surface area contributed by atoms with Crippen molar-refractivity contribution >= 4 is 11.6 Å². The summed E-state index contributed by atoms with van der Waals surface area (Å²) in [7, 11) is 0. The van der Waals surface area contributed by atoms with E-state index in [1.807, 2.05) is 0 Å². The van der Waals surface area contributed by atoms with Crippen LogP contribution in [-0.2, 0) is 6.42 Å². The molecule has 1 unspecified atom stereocenters. The first-order chi connectivity index (χ1) is 9.01. The molecule has 1 atom stereocenters. The van der Waals surface area contributed by atoms with Gasteiger partial charge in [-0.05, 0) is 30.5 Å². The molecule has 0 amide bonds. The van der Waals surface area contributed by atoms with E-state index in [-0.39, 0.29) is 6.42 Å². The molecule has 1 aliphatic rings. The van der Waals surface area contributed by atoms with E-state index < -0.39 is 17.5 Å². The number of hydrogen-bond donors (Lipinski definition) is 2. The van der Waals surface area contributed by atoms with Gasteiger partial charge in [-0.2, -0.15) is 0 Å². The van der Waals surface area contributed by atoms with Crippen LogP contribution in [0.5, 0.6) is 0 Å². The predicted molar refractivity (Wildman–Crippen MR) is 73.8 cm³/mol. The minimum atomic E-state index is -1.08. The summed E-state index contributed by atoms with van der Waals surface area (Å²) in [6, 6.07) is 4.41. The average Bonchev–Trinajstić information content (AvgIpc) is 2.58. The van der Waals surface area contributed by atoms with Crippen molar-refractivity contribution in [2.45, 2.75) is 56.7 Å². The zero-order chi connectivity index (χ0) is 13.9. The molecule has 2 nitrogen and oxygen atoms in total. The maximum absolute atomic E-state index is 13.7. The van der Waals surface area contributed by atoms with E-state index in [9.17, 15) is 14.6 Å². The molecule has 0 aromatic heterocycles. The third-order valence-corrected chi connectivity index (χ3v) is 4.25. The Labute approximate surface area is 118 Å². The van der Waals surface area contributed by atoms with Gasteiger partial charge in [0.2, 0.25) is 0 Å². The van der Waals surface area contributed by atoms with Crippen molar-refractivity contribution in [3.63, 3.8) is 0 Å². The number of halogens is 2. The maximum atomic E-state index is 13.7. The molecular formula is C15H20ClFO2. The Morgan fingerprint density at radius 3 is 2.42 bits per heavy atom. The van der Waals surface area contributed by atoms with Gasteiger partial charge in [-0.1, -0.05) is 43.4 Å². The number of aliphatic hydroxyl groups excluding tert-OH is 1. The van der Waals surface area contributed by atoms with Crippen LogP contribution in [0.4, 0.5) is 4.39 Å². The van der Waals surface area contributed by atoms with Crippen molar-refractivity contribution < 1.29 is 14.6 Å². The van der Waals surface area contributed by atoms with Gasteiger partial charge < -0.3 is 10.2 Å². The minimum Gasteiger partial charge on any atom is -0.390 e. The lowest BCUT2D eigenvalue weighted by Gasteiger charge is -2.32. The molecule has 1 aliphatic carbocycles. The number of rotatable bonds is 3. The third kappa shape index (κ3) is 3.68. The van der Waals surface area contributed by atoms with Crippen LogP contribution in [0.15, 0.2) is 18.2 Å². The standard InChI is InChI=1S/C15H20ClFO2/c16-12-6-5-11(13(17)10-12)9-14(18)15(19)7-3-1-2-4-8-15/h5-6,10,14,18-19H,1-4,7-9H2. The highest BCUT2D eigenvalue weighted by Crippen LogP contribution is 2.31. The van der Waals surface area contributed by atoms with Gasteiger partial charge in [-0.15, -0.1) is 0 Å². The molecule has 4 heteroatoms. The summed E-state index contributed by atoms with van der Waals surface area (Å²) in [5.41, 5.74) is -0.683. The average molecular weight is 287 g/mol. The zero-order valence-corrected chi connectivity index (χ0v) is 11.7. The van der Waals surface area contributed by atoms with Crippen LogP contribution in [0.2, 0.25) is 5.02 Å². The lowest BCUT2D eigenvalue weighted by Crippen LogP contribution is -2.43. The summed E-state index contributed by atoms with van der Waals surface area (Å²) >= 11 is 5.70. The van der Waals surface area contributed by atoms with E-state index in [0.29, 0.717) is 23.4 Å². The molecule has 1 fully saturated rings. The molecule has 0 aliphatic heterocycles. The molecule has 0 radical (unpaired) electrons. The minimum absolute atomic E-state index is 0.125. The largest absolute Gasteiger partial charge is 0.390 e. The van der Waals surface area contributed by atoms with Crippen molar-refractivity contribution in [3.05, 3.63) is 34.6 Å². The Morgan fingerprint density at radius 1 is 1.21 bits per heavy atom. The molecular weight excluding hydrogens is 267 g/mol. The first kappa shape index (κ1) is 14.8.